The van der Waals surface area contributed by atoms with Gasteiger partial charge in [-0.25, -0.2) is 4.98 Å². The lowest BCUT2D eigenvalue weighted by molar-refractivity contribution is -0.121. The van der Waals surface area contributed by atoms with Crippen LogP contribution in [0.1, 0.15) is 25.2 Å². The molecule has 0 bridgehead atoms. The first-order chi connectivity index (χ1) is 8.20. The lowest BCUT2D eigenvalue weighted by Crippen LogP contribution is -2.28. The lowest BCUT2D eigenvalue weighted by atomic mass is 10.3. The summed E-state index contributed by atoms with van der Waals surface area (Å²) in [6.45, 7) is 2.25. The number of halogens is 2. The average Bonchev–Trinajstić information content (AvgIpc) is 2.72. The minimum absolute atomic E-state index is 0. The van der Waals surface area contributed by atoms with Crippen molar-refractivity contribution in [3.63, 3.8) is 0 Å². The number of imidazole rings is 1. The summed E-state index contributed by atoms with van der Waals surface area (Å²) in [5, 5.41) is 2.85. The van der Waals surface area contributed by atoms with Gasteiger partial charge in [0, 0.05) is 13.0 Å². The standard InChI is InChI=1S/C12H16N4O.2ClH/c1-8(14-11(17)6-7-13)12-15-9-4-2-3-5-10(9)16-12;;/h2-5,8H,6-7,13H2,1H3,(H,14,17)(H,15,16);2*1H. The summed E-state index contributed by atoms with van der Waals surface area (Å²) < 4.78 is 0. The van der Waals surface area contributed by atoms with Crippen molar-refractivity contribution < 1.29 is 4.79 Å². The van der Waals surface area contributed by atoms with E-state index < -0.39 is 0 Å². The van der Waals surface area contributed by atoms with Crippen LogP contribution in [-0.4, -0.2) is 22.4 Å². The van der Waals surface area contributed by atoms with Crippen LogP contribution in [0.2, 0.25) is 0 Å². The number of hydrogen-bond acceptors (Lipinski definition) is 3. The van der Waals surface area contributed by atoms with Gasteiger partial charge in [-0.2, -0.15) is 0 Å². The number of nitrogens with zero attached hydrogens (tertiary/aromatic N) is 1. The summed E-state index contributed by atoms with van der Waals surface area (Å²) in [5.74, 6) is 0.706. The summed E-state index contributed by atoms with van der Waals surface area (Å²) in [6.07, 6.45) is 0.338. The van der Waals surface area contributed by atoms with Gasteiger partial charge < -0.3 is 16.0 Å². The highest BCUT2D eigenvalue weighted by atomic mass is 35.5. The van der Waals surface area contributed by atoms with Crippen LogP contribution in [0.3, 0.4) is 0 Å². The van der Waals surface area contributed by atoms with Crippen LogP contribution >= 0.6 is 24.8 Å². The Morgan fingerprint density at radius 2 is 2.11 bits per heavy atom. The Kier molecular flexibility index (Phi) is 7.44. The van der Waals surface area contributed by atoms with Gasteiger partial charge >= 0.3 is 0 Å². The monoisotopic (exact) mass is 304 g/mol. The van der Waals surface area contributed by atoms with Crippen molar-refractivity contribution in [2.24, 2.45) is 5.73 Å². The number of para-hydroxylation sites is 2. The number of nitrogens with two attached hydrogens (primary N) is 1. The van der Waals surface area contributed by atoms with Crippen LogP contribution in [0.4, 0.5) is 0 Å². The van der Waals surface area contributed by atoms with Gasteiger partial charge in [-0.05, 0) is 19.1 Å². The van der Waals surface area contributed by atoms with Crippen molar-refractivity contribution in [2.45, 2.75) is 19.4 Å². The van der Waals surface area contributed by atoms with Crippen molar-refractivity contribution in [3.05, 3.63) is 30.1 Å². The fraction of sp³-hybridized carbons (Fsp3) is 0.333. The van der Waals surface area contributed by atoms with Gasteiger partial charge in [0.25, 0.3) is 0 Å². The van der Waals surface area contributed by atoms with Crippen molar-refractivity contribution in [1.29, 1.82) is 0 Å². The molecule has 0 aliphatic rings. The summed E-state index contributed by atoms with van der Waals surface area (Å²) in [5.41, 5.74) is 7.20. The first kappa shape index (κ1) is 17.7. The van der Waals surface area contributed by atoms with Crippen LogP contribution in [0.15, 0.2) is 24.3 Å². The molecular weight excluding hydrogens is 287 g/mol. The predicted molar refractivity (Wildman–Crippen MR) is 80.8 cm³/mol. The number of nitrogens with one attached hydrogen (secondary N) is 2. The first-order valence-electron chi connectivity index (χ1n) is 5.65. The van der Waals surface area contributed by atoms with Crippen molar-refractivity contribution in [1.82, 2.24) is 15.3 Å². The summed E-state index contributed by atoms with van der Waals surface area (Å²) >= 11 is 0. The Balaban J connectivity index is 0.00000162. The van der Waals surface area contributed by atoms with Crippen LogP contribution < -0.4 is 11.1 Å². The van der Waals surface area contributed by atoms with E-state index in [1.807, 2.05) is 31.2 Å². The molecule has 1 atom stereocenters. The average molecular weight is 305 g/mol. The third kappa shape index (κ3) is 4.38. The van der Waals surface area contributed by atoms with Crippen LogP contribution in [-0.2, 0) is 4.79 Å². The minimum atomic E-state index is -0.138. The Hall–Kier alpha value is -1.30. The van der Waals surface area contributed by atoms with Gasteiger partial charge in [0.2, 0.25) is 5.91 Å². The van der Waals surface area contributed by atoms with Crippen molar-refractivity contribution in [2.75, 3.05) is 6.54 Å². The SMILES string of the molecule is CC(NC(=O)CCN)c1nc2ccccc2[nH]1.Cl.Cl. The topological polar surface area (TPSA) is 83.8 Å². The second kappa shape index (κ2) is 7.99. The second-order valence-electron chi connectivity index (χ2n) is 3.97. The van der Waals surface area contributed by atoms with Gasteiger partial charge in [-0.3, -0.25) is 4.79 Å². The molecule has 2 rings (SSSR count). The zero-order chi connectivity index (χ0) is 12.3. The van der Waals surface area contributed by atoms with Crippen LogP contribution in [0.25, 0.3) is 11.0 Å². The molecule has 7 heteroatoms. The molecule has 106 valence electrons. The number of hydrogen-bond donors (Lipinski definition) is 3. The van der Waals surface area contributed by atoms with Gasteiger partial charge in [0.05, 0.1) is 17.1 Å². The molecule has 1 aromatic carbocycles. The quantitative estimate of drug-likeness (QED) is 0.807. The number of aromatic amines is 1. The zero-order valence-electron chi connectivity index (χ0n) is 10.6. The number of benzene rings is 1. The van der Waals surface area contributed by atoms with Crippen LogP contribution in [0.5, 0.6) is 0 Å². The highest BCUT2D eigenvalue weighted by Gasteiger charge is 2.12. The highest BCUT2D eigenvalue weighted by molar-refractivity contribution is 5.85. The van der Waals surface area contributed by atoms with E-state index in [2.05, 4.69) is 15.3 Å². The Bertz CT molecular complexity index is 496. The maximum absolute atomic E-state index is 11.4. The molecule has 19 heavy (non-hydrogen) atoms. The summed E-state index contributed by atoms with van der Waals surface area (Å²) in [6, 6.07) is 7.64. The summed E-state index contributed by atoms with van der Waals surface area (Å²) in [7, 11) is 0. The Morgan fingerprint density at radius 3 is 2.74 bits per heavy atom. The highest BCUT2D eigenvalue weighted by Crippen LogP contribution is 2.15. The van der Waals surface area contributed by atoms with E-state index in [1.165, 1.54) is 0 Å². The van der Waals surface area contributed by atoms with E-state index >= 15 is 0 Å². The molecule has 4 N–H and O–H groups in total. The first-order valence-corrected chi connectivity index (χ1v) is 5.65. The van der Waals surface area contributed by atoms with E-state index in [1.54, 1.807) is 0 Å². The van der Waals surface area contributed by atoms with Crippen molar-refractivity contribution >= 4 is 41.8 Å². The van der Waals surface area contributed by atoms with E-state index in [4.69, 9.17) is 5.73 Å². The number of rotatable bonds is 4. The van der Waals surface area contributed by atoms with E-state index in [9.17, 15) is 4.79 Å². The van der Waals surface area contributed by atoms with Crippen LogP contribution in [0, 0.1) is 0 Å². The molecule has 1 amide bonds. The maximum Gasteiger partial charge on any atom is 0.221 e. The van der Waals surface area contributed by atoms with Gasteiger partial charge in [-0.15, -0.1) is 24.8 Å². The minimum Gasteiger partial charge on any atom is -0.346 e. The number of carbonyl (C=O) groups excluding carboxylic acids is 1. The number of fused-ring (bicyclic) bond motifs is 1. The fourth-order valence-electron chi connectivity index (χ4n) is 1.69. The molecule has 1 unspecified atom stereocenters. The lowest BCUT2D eigenvalue weighted by Gasteiger charge is -2.10. The molecule has 1 heterocycles. The van der Waals surface area contributed by atoms with E-state index in [0.717, 1.165) is 16.9 Å². The molecular formula is C12H18Cl2N4O. The second-order valence-corrected chi connectivity index (χ2v) is 3.97. The predicted octanol–water partition coefficient (Wildman–Crippen LogP) is 1.93. The molecule has 0 saturated heterocycles. The van der Waals surface area contributed by atoms with Gasteiger partial charge in [0.15, 0.2) is 0 Å². The largest absolute Gasteiger partial charge is 0.346 e. The molecule has 0 spiro atoms. The van der Waals surface area contributed by atoms with E-state index in [0.29, 0.717) is 13.0 Å². The number of H-pyrrole nitrogens is 1. The molecule has 2 aromatic rings. The molecule has 5 nitrogen and oxygen atoms in total. The number of amides is 1. The Labute approximate surface area is 124 Å². The normalized spacial score (nSPS) is 11.3. The third-order valence-corrected chi connectivity index (χ3v) is 2.57. The molecule has 0 radical (unpaired) electrons. The molecule has 0 aliphatic carbocycles. The number of carbonyl (C=O) groups is 1. The Morgan fingerprint density at radius 1 is 1.42 bits per heavy atom. The van der Waals surface area contributed by atoms with Gasteiger partial charge in [-0.1, -0.05) is 12.1 Å². The summed E-state index contributed by atoms with van der Waals surface area (Å²) in [4.78, 5) is 19.0. The van der Waals surface area contributed by atoms with Gasteiger partial charge in [0.1, 0.15) is 5.82 Å². The molecule has 0 fully saturated rings. The number of aromatic nitrogens is 2. The zero-order valence-corrected chi connectivity index (χ0v) is 12.2. The smallest absolute Gasteiger partial charge is 0.221 e. The maximum atomic E-state index is 11.4. The third-order valence-electron chi connectivity index (χ3n) is 2.57. The molecule has 1 aromatic heterocycles. The molecule has 0 saturated carbocycles. The van der Waals surface area contributed by atoms with Crippen molar-refractivity contribution in [3.8, 4) is 0 Å². The fourth-order valence-corrected chi connectivity index (χ4v) is 1.69. The van der Waals surface area contributed by atoms with E-state index in [-0.39, 0.29) is 36.8 Å². The molecule has 0 aliphatic heterocycles.